The minimum absolute atomic E-state index is 0.156. The van der Waals surface area contributed by atoms with Crippen LogP contribution >= 0.6 is 0 Å². The fourth-order valence-corrected chi connectivity index (χ4v) is 4.65. The lowest BCUT2D eigenvalue weighted by Gasteiger charge is -2.35. The summed E-state index contributed by atoms with van der Waals surface area (Å²) in [6.07, 6.45) is 0.200. The van der Waals surface area contributed by atoms with Crippen LogP contribution in [-0.2, 0) is 30.3 Å². The van der Waals surface area contributed by atoms with Crippen LogP contribution in [0.25, 0.3) is 0 Å². The molecule has 2 aromatic rings. The highest BCUT2D eigenvalue weighted by Gasteiger charge is 2.48. The number of ether oxygens (including phenoxy) is 2. The molecule has 0 radical (unpaired) electrons. The standard InChI is InChI=1S/C31H41N3O6/c1-19-13-14-20(2)23(15-19)27(28(36)32-18-26(35)39-7)34(25-16-21(25)3)29(37)24(17-22-11-9-8-10-12-22)33-30(38)40-31(4,5)6/h8-15,21,24-25,27H,16-18H2,1-7H3,(H,32,36)(H,33,38). The highest BCUT2D eigenvalue weighted by atomic mass is 16.6. The van der Waals surface area contributed by atoms with Crippen LogP contribution in [0.4, 0.5) is 4.79 Å². The van der Waals surface area contributed by atoms with Crippen LogP contribution < -0.4 is 10.6 Å². The Morgan fingerprint density at radius 2 is 1.70 bits per heavy atom. The van der Waals surface area contributed by atoms with E-state index in [1.807, 2.05) is 69.3 Å². The van der Waals surface area contributed by atoms with Gasteiger partial charge in [-0.3, -0.25) is 14.4 Å². The van der Waals surface area contributed by atoms with Crippen molar-refractivity contribution in [3.8, 4) is 0 Å². The largest absolute Gasteiger partial charge is 0.468 e. The SMILES string of the molecule is COC(=O)CNC(=O)C(c1cc(C)ccc1C)N(C(=O)C(Cc1ccccc1)NC(=O)OC(C)(C)C)C1CC1C. The molecule has 1 aliphatic rings. The Morgan fingerprint density at radius 1 is 1.05 bits per heavy atom. The maximum atomic E-state index is 14.5. The minimum Gasteiger partial charge on any atom is -0.468 e. The molecule has 3 rings (SSSR count). The Balaban J connectivity index is 2.06. The second-order valence-corrected chi connectivity index (χ2v) is 11.5. The maximum absolute atomic E-state index is 14.5. The van der Waals surface area contributed by atoms with Crippen molar-refractivity contribution in [2.24, 2.45) is 5.92 Å². The number of esters is 1. The highest BCUT2D eigenvalue weighted by molar-refractivity contribution is 5.94. The van der Waals surface area contributed by atoms with Gasteiger partial charge in [-0.15, -0.1) is 0 Å². The van der Waals surface area contributed by atoms with Gasteiger partial charge in [-0.2, -0.15) is 0 Å². The van der Waals surface area contributed by atoms with Crippen molar-refractivity contribution in [1.82, 2.24) is 15.5 Å². The molecule has 0 saturated heterocycles. The molecule has 1 fully saturated rings. The number of carbonyl (C=O) groups is 4. The van der Waals surface area contributed by atoms with E-state index in [2.05, 4.69) is 10.6 Å². The number of hydrogen-bond acceptors (Lipinski definition) is 6. The molecule has 0 aromatic heterocycles. The number of nitrogens with one attached hydrogen (secondary N) is 2. The lowest BCUT2D eigenvalue weighted by molar-refractivity contribution is -0.145. The number of hydrogen-bond donors (Lipinski definition) is 2. The van der Waals surface area contributed by atoms with Crippen LogP contribution in [0.15, 0.2) is 48.5 Å². The summed E-state index contributed by atoms with van der Waals surface area (Å²) >= 11 is 0. The van der Waals surface area contributed by atoms with E-state index >= 15 is 0 Å². The van der Waals surface area contributed by atoms with E-state index in [1.54, 1.807) is 25.7 Å². The number of nitrogens with zero attached hydrogens (tertiary/aromatic N) is 1. The number of benzene rings is 2. The van der Waals surface area contributed by atoms with Gasteiger partial charge in [0.05, 0.1) is 7.11 Å². The number of amides is 3. The number of aryl methyl sites for hydroxylation is 2. The summed E-state index contributed by atoms with van der Waals surface area (Å²) in [7, 11) is 1.24. The molecule has 0 bridgehead atoms. The summed E-state index contributed by atoms with van der Waals surface area (Å²) < 4.78 is 10.2. The zero-order valence-corrected chi connectivity index (χ0v) is 24.4. The van der Waals surface area contributed by atoms with Crippen molar-refractivity contribution < 1.29 is 28.7 Å². The first kappa shape index (κ1) is 30.7. The van der Waals surface area contributed by atoms with E-state index in [1.165, 1.54) is 7.11 Å². The van der Waals surface area contributed by atoms with Crippen LogP contribution in [0.5, 0.6) is 0 Å². The minimum atomic E-state index is -1.02. The molecular formula is C31H41N3O6. The molecule has 1 saturated carbocycles. The van der Waals surface area contributed by atoms with Gasteiger partial charge in [0.25, 0.3) is 0 Å². The topological polar surface area (TPSA) is 114 Å². The molecule has 216 valence electrons. The first-order valence-electron chi connectivity index (χ1n) is 13.6. The van der Waals surface area contributed by atoms with Crippen molar-refractivity contribution >= 4 is 23.9 Å². The quantitative estimate of drug-likeness (QED) is 0.432. The van der Waals surface area contributed by atoms with E-state index in [-0.39, 0.29) is 24.9 Å². The van der Waals surface area contributed by atoms with Gasteiger partial charge < -0.3 is 25.0 Å². The van der Waals surface area contributed by atoms with Crippen LogP contribution in [0.2, 0.25) is 0 Å². The molecule has 4 unspecified atom stereocenters. The fourth-order valence-electron chi connectivity index (χ4n) is 4.65. The van der Waals surface area contributed by atoms with Crippen molar-refractivity contribution in [3.63, 3.8) is 0 Å². The summed E-state index contributed by atoms with van der Waals surface area (Å²) in [6, 6.07) is 12.9. The number of alkyl carbamates (subject to hydrolysis) is 1. The number of rotatable bonds is 10. The van der Waals surface area contributed by atoms with Crippen LogP contribution in [-0.4, -0.2) is 60.1 Å². The zero-order chi connectivity index (χ0) is 29.6. The monoisotopic (exact) mass is 551 g/mol. The van der Waals surface area contributed by atoms with E-state index in [9.17, 15) is 19.2 Å². The van der Waals surface area contributed by atoms with E-state index < -0.39 is 41.6 Å². The second kappa shape index (κ2) is 13.0. The van der Waals surface area contributed by atoms with E-state index in [0.29, 0.717) is 12.0 Å². The average molecular weight is 552 g/mol. The van der Waals surface area contributed by atoms with Gasteiger partial charge in [-0.25, -0.2) is 4.79 Å². The van der Waals surface area contributed by atoms with Gasteiger partial charge in [0.1, 0.15) is 24.2 Å². The second-order valence-electron chi connectivity index (χ2n) is 11.5. The number of carbonyl (C=O) groups excluding carboxylic acids is 4. The average Bonchev–Trinajstić information content (AvgIpc) is 3.61. The molecule has 0 spiro atoms. The maximum Gasteiger partial charge on any atom is 0.408 e. The van der Waals surface area contributed by atoms with Crippen LogP contribution in [0.3, 0.4) is 0 Å². The van der Waals surface area contributed by atoms with E-state index in [0.717, 1.165) is 16.7 Å². The Hall–Kier alpha value is -3.88. The Kier molecular flexibility index (Phi) is 9.95. The third-order valence-corrected chi connectivity index (χ3v) is 6.84. The van der Waals surface area contributed by atoms with Gasteiger partial charge in [0, 0.05) is 12.5 Å². The van der Waals surface area contributed by atoms with Crippen LogP contribution in [0.1, 0.15) is 62.4 Å². The molecule has 0 aliphatic heterocycles. The third kappa shape index (κ3) is 8.31. The van der Waals surface area contributed by atoms with Gasteiger partial charge in [0.2, 0.25) is 11.8 Å². The van der Waals surface area contributed by atoms with Crippen molar-refractivity contribution in [3.05, 3.63) is 70.8 Å². The molecule has 2 N–H and O–H groups in total. The third-order valence-electron chi connectivity index (χ3n) is 6.84. The van der Waals surface area contributed by atoms with Crippen LogP contribution in [0, 0.1) is 19.8 Å². The molecule has 4 atom stereocenters. The molecule has 9 heteroatoms. The lowest BCUT2D eigenvalue weighted by atomic mass is 9.95. The normalized spacial score (nSPS) is 17.7. The highest BCUT2D eigenvalue weighted by Crippen LogP contribution is 2.41. The van der Waals surface area contributed by atoms with E-state index in [4.69, 9.17) is 9.47 Å². The Labute approximate surface area is 236 Å². The van der Waals surface area contributed by atoms with Gasteiger partial charge in [-0.05, 0) is 63.6 Å². The summed E-state index contributed by atoms with van der Waals surface area (Å²) in [4.78, 5) is 54.6. The smallest absolute Gasteiger partial charge is 0.408 e. The predicted octanol–water partition coefficient (Wildman–Crippen LogP) is 4.01. The van der Waals surface area contributed by atoms with Gasteiger partial charge in [0.15, 0.2) is 0 Å². The first-order chi connectivity index (χ1) is 18.8. The molecule has 9 nitrogen and oxygen atoms in total. The van der Waals surface area contributed by atoms with Gasteiger partial charge in [-0.1, -0.05) is 61.0 Å². The molecule has 2 aromatic carbocycles. The summed E-state index contributed by atoms with van der Waals surface area (Å²) in [5.74, 6) is -1.34. The first-order valence-corrected chi connectivity index (χ1v) is 13.6. The molecule has 3 amide bonds. The number of methoxy groups -OCH3 is 1. The Morgan fingerprint density at radius 3 is 2.27 bits per heavy atom. The Bertz CT molecular complexity index is 1220. The van der Waals surface area contributed by atoms with Crippen molar-refractivity contribution in [2.45, 2.75) is 78.1 Å². The van der Waals surface area contributed by atoms with Crippen molar-refractivity contribution in [2.75, 3.05) is 13.7 Å². The van der Waals surface area contributed by atoms with Gasteiger partial charge >= 0.3 is 12.1 Å². The summed E-state index contributed by atoms with van der Waals surface area (Å²) in [6.45, 7) is 10.7. The summed E-state index contributed by atoms with van der Waals surface area (Å²) in [5.41, 5.74) is 2.50. The van der Waals surface area contributed by atoms with Crippen molar-refractivity contribution in [1.29, 1.82) is 0 Å². The zero-order valence-electron chi connectivity index (χ0n) is 24.4. The summed E-state index contributed by atoms with van der Waals surface area (Å²) in [5, 5.41) is 5.42. The molecule has 40 heavy (non-hydrogen) atoms. The fraction of sp³-hybridized carbons (Fsp3) is 0.484. The predicted molar refractivity (Wildman–Crippen MR) is 151 cm³/mol. The molecule has 0 heterocycles. The molecule has 1 aliphatic carbocycles. The molecular weight excluding hydrogens is 510 g/mol. The lowest BCUT2D eigenvalue weighted by Crippen LogP contribution is -2.55.